The number of pyridine rings is 1. The topological polar surface area (TPSA) is 46.1 Å². The van der Waals surface area contributed by atoms with Gasteiger partial charge in [0.1, 0.15) is 11.5 Å². The lowest BCUT2D eigenvalue weighted by atomic mass is 9.84. The fourth-order valence-corrected chi connectivity index (χ4v) is 5.71. The van der Waals surface area contributed by atoms with Crippen LogP contribution in [0.25, 0.3) is 10.4 Å². The maximum atomic E-state index is 13.8. The summed E-state index contributed by atoms with van der Waals surface area (Å²) in [5.74, 6) is -0.213. The zero-order valence-corrected chi connectivity index (χ0v) is 20.4. The average molecular weight is 506 g/mol. The highest BCUT2D eigenvalue weighted by Gasteiger charge is 2.36. The highest BCUT2D eigenvalue weighted by molar-refractivity contribution is 7.15. The zero-order valence-electron chi connectivity index (χ0n) is 19.6. The molecule has 4 nitrogen and oxygen atoms in total. The third-order valence-electron chi connectivity index (χ3n) is 6.60. The van der Waals surface area contributed by atoms with Crippen molar-refractivity contribution in [2.45, 2.75) is 58.2 Å². The van der Waals surface area contributed by atoms with E-state index < -0.39 is 11.7 Å². The number of aryl methyl sites for hydroxylation is 2. The van der Waals surface area contributed by atoms with Crippen molar-refractivity contribution in [3.05, 3.63) is 70.4 Å². The number of carbonyl (C=O) groups excluding carboxylic acids is 1. The van der Waals surface area contributed by atoms with E-state index in [9.17, 15) is 22.4 Å². The van der Waals surface area contributed by atoms with E-state index in [0.29, 0.717) is 35.7 Å². The summed E-state index contributed by atoms with van der Waals surface area (Å²) in [5.41, 5.74) is 0.917. The minimum absolute atomic E-state index is 0.0617. The van der Waals surface area contributed by atoms with E-state index in [0.717, 1.165) is 42.1 Å². The highest BCUT2D eigenvalue weighted by Crippen LogP contribution is 2.35. The van der Waals surface area contributed by atoms with Crippen LogP contribution in [-0.4, -0.2) is 33.4 Å². The number of nitrogens with zero attached hydrogens (tertiary/aromatic N) is 3. The number of benzene rings is 1. The molecule has 0 N–H and O–H groups in total. The fourth-order valence-electron chi connectivity index (χ4n) is 4.80. The lowest BCUT2D eigenvalue weighted by Gasteiger charge is -2.41. The van der Waals surface area contributed by atoms with Crippen molar-refractivity contribution in [2.24, 2.45) is 5.92 Å². The number of hydrogen-bond acceptors (Lipinski definition) is 4. The lowest BCUT2D eigenvalue weighted by molar-refractivity contribution is -0.137. The molecule has 0 aliphatic carbocycles. The predicted molar refractivity (Wildman–Crippen MR) is 128 cm³/mol. The van der Waals surface area contributed by atoms with E-state index in [1.54, 1.807) is 12.1 Å². The Morgan fingerprint density at radius 3 is 2.54 bits per heavy atom. The highest BCUT2D eigenvalue weighted by atomic mass is 32.1. The van der Waals surface area contributed by atoms with Gasteiger partial charge in [0.25, 0.3) is 5.91 Å². The second-order valence-electron chi connectivity index (χ2n) is 8.87. The summed E-state index contributed by atoms with van der Waals surface area (Å²) in [7, 11) is 0. The van der Waals surface area contributed by atoms with Crippen molar-refractivity contribution >= 4 is 17.2 Å². The van der Waals surface area contributed by atoms with E-state index in [-0.39, 0.29) is 23.7 Å². The Balaban J connectivity index is 1.57. The van der Waals surface area contributed by atoms with Gasteiger partial charge in [-0.05, 0) is 68.4 Å². The molecule has 1 amide bonds. The molecule has 186 valence electrons. The quantitative estimate of drug-likeness (QED) is 0.341. The van der Waals surface area contributed by atoms with Crippen LogP contribution in [0.2, 0.25) is 0 Å². The van der Waals surface area contributed by atoms with Gasteiger partial charge < -0.3 is 4.90 Å². The minimum atomic E-state index is -4.42. The standard InChI is InChI=1S/C26H27F4N3OS/c1-3-17-5-4-14-33(22(17)13-12-21-11-8-19(15-31-21)26(28,29)30)25(34)23-24(35-16(2)32-23)18-6-9-20(27)10-7-18/h6-11,15,17,22H,3-5,12-14H2,1-2H3/t17-,22-/m1/s1. The van der Waals surface area contributed by atoms with Crippen molar-refractivity contribution < 1.29 is 22.4 Å². The smallest absolute Gasteiger partial charge is 0.334 e. The molecule has 1 aliphatic heterocycles. The van der Waals surface area contributed by atoms with Crippen LogP contribution in [0, 0.1) is 18.7 Å². The van der Waals surface area contributed by atoms with Crippen molar-refractivity contribution in [1.29, 1.82) is 0 Å². The second kappa shape index (κ2) is 10.4. The van der Waals surface area contributed by atoms with Crippen molar-refractivity contribution in [3.8, 4) is 10.4 Å². The summed E-state index contributed by atoms with van der Waals surface area (Å²) in [6.07, 6.45) is 0.306. The summed E-state index contributed by atoms with van der Waals surface area (Å²) in [4.78, 5) is 24.9. The molecule has 0 bridgehead atoms. The Bertz CT molecular complexity index is 1160. The molecule has 1 saturated heterocycles. The van der Waals surface area contributed by atoms with Gasteiger partial charge in [-0.15, -0.1) is 11.3 Å². The number of aromatic nitrogens is 2. The van der Waals surface area contributed by atoms with Gasteiger partial charge in [-0.25, -0.2) is 9.37 Å². The number of thiazole rings is 1. The Hall–Kier alpha value is -2.81. The van der Waals surface area contributed by atoms with Crippen LogP contribution >= 0.6 is 11.3 Å². The average Bonchev–Trinajstić information content (AvgIpc) is 3.23. The first-order valence-electron chi connectivity index (χ1n) is 11.7. The molecule has 4 rings (SSSR count). The van der Waals surface area contributed by atoms with Crippen LogP contribution in [0.3, 0.4) is 0 Å². The molecule has 0 spiro atoms. The van der Waals surface area contributed by atoms with E-state index >= 15 is 0 Å². The fraction of sp³-hybridized carbons (Fsp3) is 0.423. The number of rotatable bonds is 6. The summed E-state index contributed by atoms with van der Waals surface area (Å²) < 4.78 is 52.0. The van der Waals surface area contributed by atoms with Crippen molar-refractivity contribution in [2.75, 3.05) is 6.54 Å². The molecule has 0 radical (unpaired) electrons. The predicted octanol–water partition coefficient (Wildman–Crippen LogP) is 6.94. The van der Waals surface area contributed by atoms with Gasteiger partial charge in [-0.1, -0.05) is 25.5 Å². The Morgan fingerprint density at radius 1 is 1.17 bits per heavy atom. The van der Waals surface area contributed by atoms with E-state index in [2.05, 4.69) is 16.9 Å². The molecule has 3 heterocycles. The molecular formula is C26H27F4N3OS. The number of halogens is 4. The van der Waals surface area contributed by atoms with Crippen LogP contribution in [0.15, 0.2) is 42.6 Å². The molecule has 2 atom stereocenters. The number of likely N-dealkylation sites (tertiary alicyclic amines) is 1. The van der Waals surface area contributed by atoms with E-state index in [1.165, 1.54) is 29.5 Å². The van der Waals surface area contributed by atoms with Crippen LogP contribution in [0.5, 0.6) is 0 Å². The molecule has 1 fully saturated rings. The first-order chi connectivity index (χ1) is 16.7. The molecule has 0 unspecified atom stereocenters. The van der Waals surface area contributed by atoms with Gasteiger partial charge in [-0.2, -0.15) is 13.2 Å². The van der Waals surface area contributed by atoms with Gasteiger partial charge in [0, 0.05) is 24.5 Å². The summed E-state index contributed by atoms with van der Waals surface area (Å²) in [6.45, 7) is 4.53. The molecule has 1 aromatic carbocycles. The van der Waals surface area contributed by atoms with Gasteiger partial charge >= 0.3 is 6.18 Å². The third kappa shape index (κ3) is 5.72. The lowest BCUT2D eigenvalue weighted by Crippen LogP contribution is -2.48. The first kappa shape index (κ1) is 25.3. The normalized spacial score (nSPS) is 18.6. The van der Waals surface area contributed by atoms with E-state index in [4.69, 9.17) is 0 Å². The minimum Gasteiger partial charge on any atom is -0.334 e. The molecule has 9 heteroatoms. The van der Waals surface area contributed by atoms with Crippen LogP contribution in [0.1, 0.15) is 59.4 Å². The van der Waals surface area contributed by atoms with E-state index in [1.807, 2.05) is 11.8 Å². The summed E-state index contributed by atoms with van der Waals surface area (Å²) in [5, 5.41) is 0.752. The van der Waals surface area contributed by atoms with Crippen molar-refractivity contribution in [1.82, 2.24) is 14.9 Å². The number of alkyl halides is 3. The van der Waals surface area contributed by atoms with Crippen LogP contribution in [-0.2, 0) is 12.6 Å². The Kier molecular flexibility index (Phi) is 7.54. The number of amides is 1. The number of hydrogen-bond donors (Lipinski definition) is 0. The van der Waals surface area contributed by atoms with Crippen molar-refractivity contribution in [3.63, 3.8) is 0 Å². The first-order valence-corrected chi connectivity index (χ1v) is 12.6. The number of piperidine rings is 1. The summed E-state index contributed by atoms with van der Waals surface area (Å²) >= 11 is 1.40. The maximum Gasteiger partial charge on any atom is 0.417 e. The molecular weight excluding hydrogens is 478 g/mol. The van der Waals surface area contributed by atoms with Gasteiger partial charge in [0.2, 0.25) is 0 Å². The zero-order chi connectivity index (χ0) is 25.2. The van der Waals surface area contributed by atoms with Gasteiger partial charge in [0.15, 0.2) is 0 Å². The van der Waals surface area contributed by atoms with Gasteiger partial charge in [-0.3, -0.25) is 9.78 Å². The van der Waals surface area contributed by atoms with Crippen LogP contribution < -0.4 is 0 Å². The Labute approximate surface area is 206 Å². The SMILES string of the molecule is CC[C@@H]1CCCN(C(=O)c2nc(C)sc2-c2ccc(F)cc2)[C@@H]1CCc1ccc(C(F)(F)F)cn1. The third-order valence-corrected chi connectivity index (χ3v) is 7.61. The number of carbonyl (C=O) groups is 1. The molecule has 1 aliphatic rings. The second-order valence-corrected chi connectivity index (χ2v) is 10.1. The monoisotopic (exact) mass is 505 g/mol. The molecule has 0 saturated carbocycles. The van der Waals surface area contributed by atoms with Gasteiger partial charge in [0.05, 0.1) is 15.4 Å². The molecule has 35 heavy (non-hydrogen) atoms. The summed E-state index contributed by atoms with van der Waals surface area (Å²) in [6, 6.07) is 8.44. The molecule has 2 aromatic heterocycles. The van der Waals surface area contributed by atoms with Crippen LogP contribution in [0.4, 0.5) is 17.6 Å². The molecule has 3 aromatic rings. The largest absolute Gasteiger partial charge is 0.417 e. The maximum absolute atomic E-state index is 13.8. The Morgan fingerprint density at radius 2 is 1.91 bits per heavy atom.